The third kappa shape index (κ3) is 12.1. The van der Waals surface area contributed by atoms with Gasteiger partial charge in [-0.3, -0.25) is 9.05 Å². The Kier molecular flexibility index (Phi) is 8.13. The van der Waals surface area contributed by atoms with Gasteiger partial charge in [-0.2, -0.15) is 0 Å². The molecular formula is C11H23NO6P+. The van der Waals surface area contributed by atoms with Gasteiger partial charge in [0.25, 0.3) is 0 Å². The summed E-state index contributed by atoms with van der Waals surface area (Å²) in [6.45, 7) is 4.03. The second kappa shape index (κ2) is 8.45. The predicted molar refractivity (Wildman–Crippen MR) is 70.4 cm³/mol. The highest BCUT2D eigenvalue weighted by Crippen LogP contribution is 2.42. The Hall–Kier alpha value is -0.720. The lowest BCUT2D eigenvalue weighted by molar-refractivity contribution is -0.870. The van der Waals surface area contributed by atoms with Crippen LogP contribution < -0.4 is 0 Å². The van der Waals surface area contributed by atoms with Crippen molar-refractivity contribution >= 4 is 13.8 Å². The summed E-state index contributed by atoms with van der Waals surface area (Å²) in [5, 5.41) is 0. The third-order valence-electron chi connectivity index (χ3n) is 1.97. The molecule has 0 rings (SSSR count). The van der Waals surface area contributed by atoms with E-state index in [0.29, 0.717) is 17.4 Å². The molecule has 0 aliphatic carbocycles. The molecule has 0 saturated carbocycles. The van der Waals surface area contributed by atoms with Crippen molar-refractivity contribution in [1.29, 1.82) is 0 Å². The molecule has 0 aromatic carbocycles. The number of likely N-dealkylation sites (N-methyl/N-ethyl adjacent to an activating group) is 1. The molecule has 0 aromatic rings. The molecule has 0 amide bonds. The highest BCUT2D eigenvalue weighted by molar-refractivity contribution is 7.47. The van der Waals surface area contributed by atoms with Crippen LogP contribution in [0.2, 0.25) is 0 Å². The van der Waals surface area contributed by atoms with E-state index in [4.69, 9.17) is 9.05 Å². The maximum atomic E-state index is 11.4. The first-order valence-corrected chi connectivity index (χ1v) is 7.37. The van der Waals surface area contributed by atoms with E-state index in [1.54, 1.807) is 0 Å². The van der Waals surface area contributed by atoms with E-state index >= 15 is 0 Å². The fourth-order valence-electron chi connectivity index (χ4n) is 0.938. The summed E-state index contributed by atoms with van der Waals surface area (Å²) in [7, 11) is 1.81. The van der Waals surface area contributed by atoms with Gasteiger partial charge in [-0.25, -0.2) is 9.36 Å². The number of nitrogens with zero attached hydrogens (tertiary/aromatic N) is 1. The molecule has 0 spiro atoms. The van der Waals surface area contributed by atoms with Gasteiger partial charge in [0.15, 0.2) is 0 Å². The van der Waals surface area contributed by atoms with E-state index in [1.807, 2.05) is 21.1 Å². The second-order valence-electron chi connectivity index (χ2n) is 4.87. The highest BCUT2D eigenvalue weighted by atomic mass is 31.2. The summed E-state index contributed by atoms with van der Waals surface area (Å²) in [4.78, 5) is 20.0. The number of carbonyl (C=O) groups excluding carboxylic acids is 1. The lowest BCUT2D eigenvalue weighted by atomic mass is 10.5. The number of hydrogen-bond acceptors (Lipinski definition) is 5. The molecule has 8 heteroatoms. The zero-order valence-electron chi connectivity index (χ0n) is 11.7. The Bertz CT molecular complexity index is 339. The molecule has 1 unspecified atom stereocenters. The topological polar surface area (TPSA) is 82.1 Å². The summed E-state index contributed by atoms with van der Waals surface area (Å²) < 4.78 is 26.3. The van der Waals surface area contributed by atoms with Gasteiger partial charge in [0.2, 0.25) is 0 Å². The van der Waals surface area contributed by atoms with Gasteiger partial charge in [0, 0.05) is 12.5 Å². The van der Waals surface area contributed by atoms with Gasteiger partial charge in [-0.15, -0.1) is 0 Å². The van der Waals surface area contributed by atoms with Crippen molar-refractivity contribution in [2.45, 2.75) is 6.42 Å². The minimum atomic E-state index is -4.02. The zero-order chi connectivity index (χ0) is 14.9. The van der Waals surface area contributed by atoms with Crippen LogP contribution in [0.3, 0.4) is 0 Å². The number of hydrogen-bond donors (Lipinski definition) is 1. The van der Waals surface area contributed by atoms with E-state index in [2.05, 4.69) is 11.3 Å². The van der Waals surface area contributed by atoms with Crippen LogP contribution in [0.4, 0.5) is 0 Å². The van der Waals surface area contributed by atoms with Crippen molar-refractivity contribution in [3.05, 3.63) is 12.7 Å². The summed E-state index contributed by atoms with van der Waals surface area (Å²) in [6.07, 6.45) is 1.36. The molecule has 1 atom stereocenters. The van der Waals surface area contributed by atoms with Gasteiger partial charge in [-0.05, 0) is 0 Å². The molecule has 0 aliphatic rings. The van der Waals surface area contributed by atoms with Crippen LogP contribution in [0.15, 0.2) is 12.7 Å². The van der Waals surface area contributed by atoms with Crippen LogP contribution in [0, 0.1) is 0 Å². The molecule has 1 N–H and O–H groups in total. The molecular weight excluding hydrogens is 273 g/mol. The third-order valence-corrected chi connectivity index (χ3v) is 2.99. The van der Waals surface area contributed by atoms with E-state index in [0.717, 1.165) is 6.08 Å². The van der Waals surface area contributed by atoms with Crippen LogP contribution >= 0.6 is 7.82 Å². The van der Waals surface area contributed by atoms with Gasteiger partial charge in [-0.1, -0.05) is 6.58 Å². The number of carbonyl (C=O) groups is 1. The molecule has 0 saturated heterocycles. The minimum absolute atomic E-state index is 0.0252. The summed E-state index contributed by atoms with van der Waals surface area (Å²) in [5.41, 5.74) is 0. The Labute approximate surface area is 114 Å². The fraction of sp³-hybridized carbons (Fsp3) is 0.727. The van der Waals surface area contributed by atoms with Crippen LogP contribution in [-0.2, 0) is 23.1 Å². The van der Waals surface area contributed by atoms with Crippen molar-refractivity contribution in [2.75, 3.05) is 47.5 Å². The molecule has 0 bridgehead atoms. The van der Waals surface area contributed by atoms with E-state index < -0.39 is 13.8 Å². The lowest BCUT2D eigenvalue weighted by Crippen LogP contribution is -2.37. The first-order valence-electron chi connectivity index (χ1n) is 5.88. The average Bonchev–Trinajstić information content (AvgIpc) is 2.25. The van der Waals surface area contributed by atoms with E-state index in [9.17, 15) is 14.3 Å². The van der Waals surface area contributed by atoms with Gasteiger partial charge in [0.1, 0.15) is 13.2 Å². The maximum Gasteiger partial charge on any atom is 0.472 e. The molecule has 0 radical (unpaired) electrons. The number of ether oxygens (including phenoxy) is 1. The SMILES string of the molecule is C=CC(=O)OCCCOP(=O)(O)OCC[N+](C)(C)C. The largest absolute Gasteiger partial charge is 0.472 e. The van der Waals surface area contributed by atoms with Crippen molar-refractivity contribution in [3.8, 4) is 0 Å². The van der Waals surface area contributed by atoms with E-state index in [-0.39, 0.29) is 19.8 Å². The van der Waals surface area contributed by atoms with Crippen LogP contribution in [0.25, 0.3) is 0 Å². The standard InChI is InChI=1S/C11H22NO6P/c1-5-11(13)16-8-6-9-17-19(14,15)18-10-7-12(2,3)4/h5H,1,6-10H2,2-4H3/p+1. The molecule has 0 aliphatic heterocycles. The van der Waals surface area contributed by atoms with E-state index in [1.165, 1.54) is 0 Å². The van der Waals surface area contributed by atoms with Gasteiger partial charge >= 0.3 is 13.8 Å². The second-order valence-corrected chi connectivity index (χ2v) is 6.33. The Morgan fingerprint density at radius 3 is 2.37 bits per heavy atom. The normalized spacial score (nSPS) is 14.7. The lowest BCUT2D eigenvalue weighted by Gasteiger charge is -2.24. The van der Waals surface area contributed by atoms with Gasteiger partial charge < -0.3 is 14.1 Å². The molecule has 0 fully saturated rings. The highest BCUT2D eigenvalue weighted by Gasteiger charge is 2.22. The van der Waals surface area contributed by atoms with Crippen LogP contribution in [0.5, 0.6) is 0 Å². The Morgan fingerprint density at radius 2 is 1.84 bits per heavy atom. The monoisotopic (exact) mass is 296 g/mol. The summed E-state index contributed by atoms with van der Waals surface area (Å²) >= 11 is 0. The molecule has 0 heterocycles. The van der Waals surface area contributed by atoms with Crippen molar-refractivity contribution < 1.29 is 32.5 Å². The molecule has 7 nitrogen and oxygen atoms in total. The van der Waals surface area contributed by atoms with Gasteiger partial charge in [0.05, 0.1) is 34.4 Å². The first-order chi connectivity index (χ1) is 8.66. The maximum absolute atomic E-state index is 11.4. The zero-order valence-corrected chi connectivity index (χ0v) is 12.6. The minimum Gasteiger partial charge on any atom is -0.462 e. The average molecular weight is 296 g/mol. The smallest absolute Gasteiger partial charge is 0.462 e. The van der Waals surface area contributed by atoms with Crippen LogP contribution in [0.1, 0.15) is 6.42 Å². The first kappa shape index (κ1) is 18.3. The van der Waals surface area contributed by atoms with Crippen LogP contribution in [-0.4, -0.2) is 62.9 Å². The Balaban J connectivity index is 3.70. The number of phosphoric acid groups is 1. The summed E-state index contributed by atoms with van der Waals surface area (Å²) in [5.74, 6) is -0.536. The predicted octanol–water partition coefficient (Wildman–Crippen LogP) is 0.945. The molecule has 0 aromatic heterocycles. The van der Waals surface area contributed by atoms with Crippen molar-refractivity contribution in [2.24, 2.45) is 0 Å². The molecule has 19 heavy (non-hydrogen) atoms. The number of esters is 1. The summed E-state index contributed by atoms with van der Waals surface area (Å²) in [6, 6.07) is 0. The fourth-order valence-corrected chi connectivity index (χ4v) is 1.68. The van der Waals surface area contributed by atoms with Crippen molar-refractivity contribution in [3.63, 3.8) is 0 Å². The quantitative estimate of drug-likeness (QED) is 0.212. The van der Waals surface area contributed by atoms with Crippen molar-refractivity contribution in [1.82, 2.24) is 0 Å². The Morgan fingerprint density at radius 1 is 1.26 bits per heavy atom. The number of rotatable bonds is 10. The molecule has 112 valence electrons. The number of quaternary nitrogens is 1. The number of phosphoric ester groups is 1.